The van der Waals surface area contributed by atoms with Crippen LogP contribution in [0.15, 0.2) is 48.5 Å². The van der Waals surface area contributed by atoms with E-state index in [1.165, 1.54) is 6.07 Å². The number of carboxylic acid groups (broad SMARTS) is 1. The maximum atomic E-state index is 12.8. The van der Waals surface area contributed by atoms with E-state index in [-0.39, 0.29) is 23.9 Å². The van der Waals surface area contributed by atoms with Gasteiger partial charge in [0.15, 0.2) is 23.0 Å². The summed E-state index contributed by atoms with van der Waals surface area (Å²) in [6, 6.07) is 13.4. The zero-order chi connectivity index (χ0) is 40.2. The van der Waals surface area contributed by atoms with Crippen LogP contribution in [0, 0.1) is 0 Å². The van der Waals surface area contributed by atoms with E-state index >= 15 is 0 Å². The van der Waals surface area contributed by atoms with Crippen molar-refractivity contribution in [3.05, 3.63) is 48.5 Å². The number of carboxylic acids is 1. The van der Waals surface area contributed by atoms with Crippen LogP contribution in [0.25, 0.3) is 0 Å². The molecular formula is C26H34N4O7. The van der Waals surface area contributed by atoms with Crippen LogP contribution in [0.5, 0.6) is 23.0 Å². The Morgan fingerprint density at radius 3 is 1.68 bits per heavy atom. The van der Waals surface area contributed by atoms with Crippen LogP contribution in [0.2, 0.25) is 0 Å². The molecule has 2 fully saturated rings. The van der Waals surface area contributed by atoms with Crippen LogP contribution in [0.4, 0.5) is 0 Å². The fourth-order valence-corrected chi connectivity index (χ4v) is 2.95. The molecule has 0 aromatic heterocycles. The first-order valence-corrected chi connectivity index (χ1v) is 10.7. The van der Waals surface area contributed by atoms with Gasteiger partial charge in [0.2, 0.25) is 12.2 Å². The van der Waals surface area contributed by atoms with Crippen molar-refractivity contribution in [2.75, 3.05) is 65.2 Å². The van der Waals surface area contributed by atoms with Crippen LogP contribution in [-0.4, -0.2) is 99.3 Å². The summed E-state index contributed by atoms with van der Waals surface area (Å²) in [5, 5.41) is 13.7. The van der Waals surface area contributed by atoms with Crippen LogP contribution in [0.1, 0.15) is 21.9 Å². The average Bonchev–Trinajstić information content (AvgIpc) is 3.02. The summed E-state index contributed by atoms with van der Waals surface area (Å²) in [6.07, 6.45) is -2.35. The van der Waals surface area contributed by atoms with Crippen molar-refractivity contribution in [3.63, 3.8) is 0 Å². The van der Waals surface area contributed by atoms with Crippen molar-refractivity contribution >= 4 is 11.9 Å². The van der Waals surface area contributed by atoms with Crippen LogP contribution in [0.3, 0.4) is 0 Å². The first kappa shape index (κ1) is 12.8. The van der Waals surface area contributed by atoms with Gasteiger partial charge in [0, 0.05) is 68.4 Å². The van der Waals surface area contributed by atoms with E-state index in [1.54, 1.807) is 52.3 Å². The molecule has 2 unspecified atom stereocenters. The molecule has 2 saturated heterocycles. The normalized spacial score (nSPS) is 39.1. The smallest absolute Gasteiger partial charge is 0.348 e. The number of fused-ring (bicyclic) bond motifs is 2. The minimum absolute atomic E-state index is 0.0619. The lowest BCUT2D eigenvalue weighted by molar-refractivity contribution is -0.147. The lowest BCUT2D eigenvalue weighted by Crippen LogP contribution is -2.52. The van der Waals surface area contributed by atoms with E-state index in [2.05, 4.69) is 0 Å². The highest BCUT2D eigenvalue weighted by atomic mass is 16.6. The molecule has 6 rings (SSSR count). The molecule has 0 saturated carbocycles. The summed E-state index contributed by atoms with van der Waals surface area (Å²) < 4.78 is 141. The summed E-state index contributed by atoms with van der Waals surface area (Å²) in [4.78, 5) is 23.3. The molecule has 0 aliphatic carbocycles. The van der Waals surface area contributed by atoms with Gasteiger partial charge >= 0.3 is 5.97 Å². The van der Waals surface area contributed by atoms with Gasteiger partial charge in [0.05, 0.1) is 5.48 Å². The summed E-state index contributed by atoms with van der Waals surface area (Å²) in [7, 11) is 0. The zero-order valence-electron chi connectivity index (χ0n) is 35.0. The standard InChI is InChI=1S/C13H16N2O3.C9H8O4.C4H10N2/c16-13(15-7-5-14-6-8-15)12-9-17-10-3-1-2-4-11(10)18-12;10-9(11)8-5-12-6-3-1-2-4-7(6)13-8;1-2-6-4-3-5-1/h1-4,12,14H,5-9H2;1-4,8H,5H2,(H,10,11);5-6H,1-4H2/i5D2,6D2,7D2,8D2;;1D2,2D2,3D2,4D2. The van der Waals surface area contributed by atoms with Gasteiger partial charge in [-0.2, -0.15) is 0 Å². The summed E-state index contributed by atoms with van der Waals surface area (Å²) in [5.74, 6) is -0.632. The molecule has 2 atom stereocenters. The van der Waals surface area contributed by atoms with Crippen molar-refractivity contribution in [1.82, 2.24) is 20.9 Å². The third-order valence-electron chi connectivity index (χ3n) is 4.62. The first-order chi connectivity index (χ1) is 24.0. The Morgan fingerprint density at radius 2 is 1.16 bits per heavy atom. The fourth-order valence-electron chi connectivity index (χ4n) is 2.95. The number of carbonyl (C=O) groups excluding carboxylic acids is 1. The fraction of sp³-hybridized carbons (Fsp3) is 0.462. The number of amides is 1. The molecule has 37 heavy (non-hydrogen) atoms. The summed E-state index contributed by atoms with van der Waals surface area (Å²) in [5.41, 5.74) is 0. The number of rotatable bonds is 2. The van der Waals surface area contributed by atoms with Gasteiger partial charge in [-0.05, 0) is 24.3 Å². The largest absolute Gasteiger partial charge is 0.485 e. The Hall–Kier alpha value is -3.54. The Kier molecular flexibility index (Phi) is 4.74. The van der Waals surface area contributed by atoms with E-state index in [0.717, 1.165) is 0 Å². The molecule has 0 spiro atoms. The molecular weight excluding hydrogens is 480 g/mol. The highest BCUT2D eigenvalue weighted by Gasteiger charge is 2.31. The van der Waals surface area contributed by atoms with E-state index in [0.29, 0.717) is 17.2 Å². The Bertz CT molecular complexity index is 1620. The number of nitrogens with one attached hydrogen (secondary N) is 3. The molecule has 2 aromatic rings. The molecule has 1 amide bonds. The van der Waals surface area contributed by atoms with Crippen molar-refractivity contribution in [1.29, 1.82) is 0 Å². The number of nitrogens with zero attached hydrogens (tertiary/aromatic N) is 1. The van der Waals surface area contributed by atoms with Gasteiger partial charge in [-0.15, -0.1) is 0 Å². The molecule has 200 valence electrons. The maximum Gasteiger partial charge on any atom is 0.348 e. The lowest BCUT2D eigenvalue weighted by Gasteiger charge is -2.32. The predicted octanol–water partition coefficient (Wildman–Crippen LogP) is 0.348. The molecule has 0 radical (unpaired) electrons. The molecule has 4 aliphatic heterocycles. The third kappa shape index (κ3) is 7.72. The number of para-hydroxylation sites is 4. The summed E-state index contributed by atoms with van der Waals surface area (Å²) >= 11 is 0. The molecule has 2 aromatic carbocycles. The Labute approximate surface area is 238 Å². The highest BCUT2D eigenvalue weighted by molar-refractivity contribution is 5.82. The second-order valence-electron chi connectivity index (χ2n) is 7.09. The maximum absolute atomic E-state index is 12.8. The van der Waals surface area contributed by atoms with Crippen LogP contribution < -0.4 is 34.9 Å². The SMILES string of the molecule is O=C(O)C1COc2ccccc2O1.[2H]C1([2H])NC([2H])([2H])C([2H])([2H])N(C(=O)C2COc3ccccc3O2)C1([2H])[2H].[2H]C1([2H])NC([2H])([2H])C([2H])([2H])NC1([2H])[2H]. The third-order valence-corrected chi connectivity index (χ3v) is 4.62. The van der Waals surface area contributed by atoms with E-state index in [4.69, 9.17) is 46.0 Å². The first-order valence-electron chi connectivity index (χ1n) is 18.7. The second kappa shape index (κ2) is 13.7. The van der Waals surface area contributed by atoms with Gasteiger partial charge < -0.3 is 44.9 Å². The number of benzene rings is 2. The van der Waals surface area contributed by atoms with Crippen molar-refractivity contribution < 1.29 is 55.6 Å². The minimum Gasteiger partial charge on any atom is -0.485 e. The summed E-state index contributed by atoms with van der Waals surface area (Å²) in [6.45, 7) is -23.5. The lowest BCUT2D eigenvalue weighted by atomic mass is 10.2. The number of carbonyl (C=O) groups is 2. The zero-order valence-corrected chi connectivity index (χ0v) is 19.0. The van der Waals surface area contributed by atoms with Gasteiger partial charge in [-0.1, -0.05) is 24.3 Å². The molecule has 11 heteroatoms. The molecule has 4 N–H and O–H groups in total. The Morgan fingerprint density at radius 1 is 0.730 bits per heavy atom. The van der Waals surface area contributed by atoms with E-state index in [1.807, 2.05) is 6.07 Å². The number of aliphatic carboxylic acids is 1. The average molecular weight is 531 g/mol. The highest BCUT2D eigenvalue weighted by Crippen LogP contribution is 2.32. The number of hydrogen-bond donors (Lipinski definition) is 4. The van der Waals surface area contributed by atoms with Gasteiger partial charge in [-0.3, -0.25) is 4.79 Å². The monoisotopic (exact) mass is 530 g/mol. The quantitative estimate of drug-likeness (QED) is 0.431. The predicted molar refractivity (Wildman–Crippen MR) is 136 cm³/mol. The van der Waals surface area contributed by atoms with Crippen LogP contribution >= 0.6 is 0 Å². The number of hydrogen-bond acceptors (Lipinski definition) is 9. The van der Waals surface area contributed by atoms with E-state index < -0.39 is 76.1 Å². The van der Waals surface area contributed by atoms with Gasteiger partial charge in [-0.25, -0.2) is 4.79 Å². The molecule has 4 aliphatic rings. The van der Waals surface area contributed by atoms with Crippen LogP contribution in [-0.2, 0) is 9.59 Å². The molecule has 11 nitrogen and oxygen atoms in total. The van der Waals surface area contributed by atoms with Crippen molar-refractivity contribution in [2.24, 2.45) is 0 Å². The Balaban J connectivity index is 0.000000196. The van der Waals surface area contributed by atoms with Gasteiger partial charge in [0.25, 0.3) is 5.91 Å². The second-order valence-corrected chi connectivity index (χ2v) is 7.09. The van der Waals surface area contributed by atoms with Crippen molar-refractivity contribution in [3.8, 4) is 23.0 Å². The van der Waals surface area contributed by atoms with Gasteiger partial charge in [0.1, 0.15) is 13.2 Å². The molecule has 4 heterocycles. The van der Waals surface area contributed by atoms with E-state index in [9.17, 15) is 9.59 Å². The topological polar surface area (TPSA) is 131 Å². The van der Waals surface area contributed by atoms with Crippen molar-refractivity contribution in [2.45, 2.75) is 12.2 Å². The molecule has 0 bridgehead atoms. The minimum atomic E-state index is -3.19. The number of piperazine rings is 2. The number of ether oxygens (including phenoxy) is 4.